The Labute approximate surface area is 113 Å². The molecule has 2 unspecified atom stereocenters. The summed E-state index contributed by atoms with van der Waals surface area (Å²) in [5, 5.41) is 3.80. The first kappa shape index (κ1) is 14.1. The number of likely N-dealkylation sites (tertiary alicyclic amines) is 1. The van der Waals surface area contributed by atoms with Crippen molar-refractivity contribution in [3.63, 3.8) is 0 Å². The van der Waals surface area contributed by atoms with Crippen LogP contribution in [0, 0.1) is 11.8 Å². The predicted molar refractivity (Wildman–Crippen MR) is 78.8 cm³/mol. The molecular formula is C16H30N2. The number of nitrogens with zero attached hydrogens (tertiary/aromatic N) is 1. The summed E-state index contributed by atoms with van der Waals surface area (Å²) in [6, 6.07) is 0.704. The first-order chi connectivity index (χ1) is 8.79. The van der Waals surface area contributed by atoms with Crippen molar-refractivity contribution >= 4 is 0 Å². The van der Waals surface area contributed by atoms with Crippen LogP contribution in [0.15, 0.2) is 12.2 Å². The lowest BCUT2D eigenvalue weighted by Crippen LogP contribution is -2.43. The van der Waals surface area contributed by atoms with E-state index in [0.717, 1.165) is 11.8 Å². The van der Waals surface area contributed by atoms with Crippen molar-refractivity contribution in [2.45, 2.75) is 52.0 Å². The van der Waals surface area contributed by atoms with Crippen LogP contribution in [0.3, 0.4) is 0 Å². The van der Waals surface area contributed by atoms with Gasteiger partial charge in [-0.15, -0.1) is 0 Å². The van der Waals surface area contributed by atoms with E-state index in [9.17, 15) is 0 Å². The first-order valence-electron chi connectivity index (χ1n) is 7.90. The molecule has 0 aromatic heterocycles. The van der Waals surface area contributed by atoms with Gasteiger partial charge in [-0.1, -0.05) is 19.1 Å². The molecule has 1 heterocycles. The minimum Gasteiger partial charge on any atom is -0.314 e. The lowest BCUT2D eigenvalue weighted by Gasteiger charge is -2.35. The van der Waals surface area contributed by atoms with E-state index in [4.69, 9.17) is 0 Å². The average molecular weight is 250 g/mol. The Morgan fingerprint density at radius 2 is 2.00 bits per heavy atom. The Morgan fingerprint density at radius 3 is 2.61 bits per heavy atom. The van der Waals surface area contributed by atoms with Crippen LogP contribution >= 0.6 is 0 Å². The van der Waals surface area contributed by atoms with Crippen LogP contribution in [-0.2, 0) is 0 Å². The van der Waals surface area contributed by atoms with E-state index >= 15 is 0 Å². The second-order valence-electron chi connectivity index (χ2n) is 6.12. The third-order valence-electron chi connectivity index (χ3n) is 4.89. The molecule has 0 aromatic carbocycles. The maximum Gasteiger partial charge on any atom is 0.00680 e. The highest BCUT2D eigenvalue weighted by Gasteiger charge is 2.23. The van der Waals surface area contributed by atoms with Gasteiger partial charge in [0.2, 0.25) is 0 Å². The quantitative estimate of drug-likeness (QED) is 0.755. The molecule has 0 saturated carbocycles. The van der Waals surface area contributed by atoms with Crippen molar-refractivity contribution in [1.29, 1.82) is 0 Å². The van der Waals surface area contributed by atoms with Gasteiger partial charge in [0, 0.05) is 6.04 Å². The number of rotatable bonds is 5. The Bertz CT molecular complexity index is 254. The van der Waals surface area contributed by atoms with Gasteiger partial charge in [0.1, 0.15) is 0 Å². The summed E-state index contributed by atoms with van der Waals surface area (Å²) in [6.07, 6.45) is 11.4. The Balaban J connectivity index is 1.65. The molecule has 2 heteroatoms. The Hall–Kier alpha value is -0.340. The van der Waals surface area contributed by atoms with Gasteiger partial charge in [-0.3, -0.25) is 0 Å². The van der Waals surface area contributed by atoms with Crippen molar-refractivity contribution < 1.29 is 0 Å². The molecule has 2 atom stereocenters. The summed E-state index contributed by atoms with van der Waals surface area (Å²) in [7, 11) is 0. The standard InChI is InChI=1S/C16H30N2/c1-3-18-11-9-16(10-12-18)14(2)17-13-15-7-5-4-6-8-15/h4-5,14-17H,3,6-13H2,1-2H3. The molecule has 1 aliphatic heterocycles. The normalized spacial score (nSPS) is 28.4. The number of nitrogens with one attached hydrogen (secondary N) is 1. The molecule has 0 aromatic rings. The zero-order valence-electron chi connectivity index (χ0n) is 12.2. The lowest BCUT2D eigenvalue weighted by molar-refractivity contribution is 0.166. The average Bonchev–Trinajstić information content (AvgIpc) is 2.46. The minimum absolute atomic E-state index is 0.704. The van der Waals surface area contributed by atoms with E-state index < -0.39 is 0 Å². The van der Waals surface area contributed by atoms with Crippen molar-refractivity contribution in [3.05, 3.63) is 12.2 Å². The highest BCUT2D eigenvalue weighted by atomic mass is 15.1. The zero-order chi connectivity index (χ0) is 12.8. The summed E-state index contributed by atoms with van der Waals surface area (Å²) < 4.78 is 0. The predicted octanol–water partition coefficient (Wildman–Crippen LogP) is 3.05. The maximum absolute atomic E-state index is 3.80. The fourth-order valence-electron chi connectivity index (χ4n) is 3.33. The van der Waals surface area contributed by atoms with E-state index in [1.807, 2.05) is 0 Å². The van der Waals surface area contributed by atoms with Gasteiger partial charge in [-0.2, -0.15) is 0 Å². The fraction of sp³-hybridized carbons (Fsp3) is 0.875. The van der Waals surface area contributed by atoms with Crippen LogP contribution in [0.1, 0.15) is 46.0 Å². The molecular weight excluding hydrogens is 220 g/mol. The van der Waals surface area contributed by atoms with Gasteiger partial charge in [-0.25, -0.2) is 0 Å². The SMILES string of the molecule is CCN1CCC(C(C)NCC2CC=CCC2)CC1. The number of allylic oxidation sites excluding steroid dienone is 2. The van der Waals surface area contributed by atoms with Crippen molar-refractivity contribution in [2.75, 3.05) is 26.2 Å². The van der Waals surface area contributed by atoms with Crippen molar-refractivity contribution in [1.82, 2.24) is 10.2 Å². The second-order valence-corrected chi connectivity index (χ2v) is 6.12. The molecule has 18 heavy (non-hydrogen) atoms. The highest BCUT2D eigenvalue weighted by molar-refractivity contribution is 4.91. The summed E-state index contributed by atoms with van der Waals surface area (Å²) >= 11 is 0. The van der Waals surface area contributed by atoms with Gasteiger partial charge in [-0.05, 0) is 77.0 Å². The molecule has 2 nitrogen and oxygen atoms in total. The van der Waals surface area contributed by atoms with Crippen LogP contribution in [0.2, 0.25) is 0 Å². The van der Waals surface area contributed by atoms with Gasteiger partial charge in [0.25, 0.3) is 0 Å². The van der Waals surface area contributed by atoms with Gasteiger partial charge < -0.3 is 10.2 Å². The summed E-state index contributed by atoms with van der Waals surface area (Å²) in [5.41, 5.74) is 0. The molecule has 1 fully saturated rings. The molecule has 0 spiro atoms. The molecule has 2 rings (SSSR count). The first-order valence-corrected chi connectivity index (χ1v) is 7.90. The monoisotopic (exact) mass is 250 g/mol. The third-order valence-corrected chi connectivity index (χ3v) is 4.89. The fourth-order valence-corrected chi connectivity index (χ4v) is 3.33. The number of hydrogen-bond donors (Lipinski definition) is 1. The number of hydrogen-bond acceptors (Lipinski definition) is 2. The van der Waals surface area contributed by atoms with E-state index in [1.165, 1.54) is 58.3 Å². The van der Waals surface area contributed by atoms with Crippen LogP contribution in [0.25, 0.3) is 0 Å². The molecule has 0 amide bonds. The van der Waals surface area contributed by atoms with Crippen LogP contribution < -0.4 is 5.32 Å². The van der Waals surface area contributed by atoms with E-state index in [0.29, 0.717) is 6.04 Å². The van der Waals surface area contributed by atoms with E-state index in [-0.39, 0.29) is 0 Å². The lowest BCUT2D eigenvalue weighted by atomic mass is 9.89. The minimum atomic E-state index is 0.704. The van der Waals surface area contributed by atoms with Gasteiger partial charge in [0.05, 0.1) is 0 Å². The summed E-state index contributed by atoms with van der Waals surface area (Å²) in [4.78, 5) is 2.58. The maximum atomic E-state index is 3.80. The zero-order valence-corrected chi connectivity index (χ0v) is 12.2. The molecule has 104 valence electrons. The van der Waals surface area contributed by atoms with Crippen molar-refractivity contribution in [2.24, 2.45) is 11.8 Å². The van der Waals surface area contributed by atoms with E-state index in [2.05, 4.69) is 36.2 Å². The Kier molecular flexibility index (Phi) is 5.71. The van der Waals surface area contributed by atoms with Crippen LogP contribution in [0.5, 0.6) is 0 Å². The van der Waals surface area contributed by atoms with Crippen LogP contribution in [0.4, 0.5) is 0 Å². The second kappa shape index (κ2) is 7.30. The van der Waals surface area contributed by atoms with Crippen molar-refractivity contribution in [3.8, 4) is 0 Å². The Morgan fingerprint density at radius 1 is 1.22 bits per heavy atom. The third kappa shape index (κ3) is 4.10. The van der Waals surface area contributed by atoms with Gasteiger partial charge in [0.15, 0.2) is 0 Å². The molecule has 1 saturated heterocycles. The summed E-state index contributed by atoms with van der Waals surface area (Å²) in [6.45, 7) is 9.73. The highest BCUT2D eigenvalue weighted by Crippen LogP contribution is 2.22. The van der Waals surface area contributed by atoms with E-state index in [1.54, 1.807) is 0 Å². The molecule has 1 N–H and O–H groups in total. The van der Waals surface area contributed by atoms with Gasteiger partial charge >= 0.3 is 0 Å². The molecule has 0 bridgehead atoms. The molecule has 0 radical (unpaired) electrons. The largest absolute Gasteiger partial charge is 0.314 e. The smallest absolute Gasteiger partial charge is 0.00680 e. The topological polar surface area (TPSA) is 15.3 Å². The molecule has 1 aliphatic carbocycles. The molecule has 2 aliphatic rings. The van der Waals surface area contributed by atoms with Crippen LogP contribution in [-0.4, -0.2) is 37.1 Å². The summed E-state index contributed by atoms with van der Waals surface area (Å²) in [5.74, 6) is 1.78. The number of piperidine rings is 1.